The van der Waals surface area contributed by atoms with E-state index in [4.69, 9.17) is 32.8 Å². The van der Waals surface area contributed by atoms with Crippen molar-refractivity contribution in [2.45, 2.75) is 128 Å². The second-order valence-corrected chi connectivity index (χ2v) is 22.7. The molecule has 1 saturated heterocycles. The van der Waals surface area contributed by atoms with Crippen molar-refractivity contribution >= 4 is 30.8 Å². The molecule has 14 heteroatoms. The molecule has 13 nitrogen and oxygen atoms in total. The number of rotatable bonds is 17. The molecule has 0 bridgehead atoms. The molecule has 1 N–H and O–H groups in total. The molecular formula is C48H62N2O11Si. The van der Waals surface area contributed by atoms with E-state index in [9.17, 15) is 19.7 Å². The van der Waals surface area contributed by atoms with Crippen LogP contribution in [0, 0.1) is 10.1 Å². The van der Waals surface area contributed by atoms with Crippen LogP contribution in [0.4, 0.5) is 4.79 Å². The lowest BCUT2D eigenvalue weighted by atomic mass is 9.96. The fraction of sp³-hybridized carbons (Fsp3) is 0.458. The number of esters is 1. The van der Waals surface area contributed by atoms with Crippen LogP contribution in [0.25, 0.3) is 0 Å². The van der Waals surface area contributed by atoms with Crippen molar-refractivity contribution in [3.63, 3.8) is 0 Å². The summed E-state index contributed by atoms with van der Waals surface area (Å²) in [4.78, 5) is 39.4. The van der Waals surface area contributed by atoms with E-state index >= 15 is 0 Å². The highest BCUT2D eigenvalue weighted by Crippen LogP contribution is 2.38. The van der Waals surface area contributed by atoms with Crippen molar-refractivity contribution in [2.24, 2.45) is 0 Å². The molecule has 4 aromatic carbocycles. The van der Waals surface area contributed by atoms with E-state index in [-0.39, 0.29) is 19.8 Å². The Kier molecular flexibility index (Phi) is 16.2. The highest BCUT2D eigenvalue weighted by molar-refractivity contribution is 6.99. The van der Waals surface area contributed by atoms with Crippen molar-refractivity contribution < 1.29 is 47.4 Å². The zero-order valence-corrected chi connectivity index (χ0v) is 38.3. The Hall–Kier alpha value is -4.96. The Bertz CT molecular complexity index is 1980. The Labute approximate surface area is 366 Å². The minimum Gasteiger partial charge on any atom is -0.458 e. The SMILES string of the molecule is CC(C)(C)OC(=O)N[C@@H](CO[C@H]1O[C@H](CO[Si](c2ccccc2)(c2ccccc2)C(C)(C)C)[C@H](OCc2ccccc2)[C@H](OCc2ccccc2)[C@H]1[N+](=O)[O-])C(=O)OC(C)(C)C. The summed E-state index contributed by atoms with van der Waals surface area (Å²) in [5.41, 5.74) is -0.195. The van der Waals surface area contributed by atoms with E-state index in [0.717, 1.165) is 21.5 Å². The number of hydrogen-bond acceptors (Lipinski definition) is 11. The number of nitro groups is 1. The lowest BCUT2D eigenvalue weighted by Crippen LogP contribution is -2.69. The summed E-state index contributed by atoms with van der Waals surface area (Å²) < 4.78 is 44.6. The highest BCUT2D eigenvalue weighted by atomic mass is 28.4. The molecule has 0 spiro atoms. The summed E-state index contributed by atoms with van der Waals surface area (Å²) in [5.74, 6) is -0.829. The quantitative estimate of drug-likeness (QED) is 0.0490. The zero-order chi connectivity index (χ0) is 45.1. The van der Waals surface area contributed by atoms with Crippen molar-refractivity contribution in [1.82, 2.24) is 5.32 Å². The lowest BCUT2D eigenvalue weighted by molar-refractivity contribution is -0.576. The maximum absolute atomic E-state index is 13.6. The number of benzene rings is 4. The van der Waals surface area contributed by atoms with Gasteiger partial charge in [0.2, 0.25) is 6.29 Å². The van der Waals surface area contributed by atoms with E-state index in [1.807, 2.05) is 97.1 Å². The fourth-order valence-electron chi connectivity index (χ4n) is 7.46. The van der Waals surface area contributed by atoms with Crippen molar-refractivity contribution in [1.29, 1.82) is 0 Å². The van der Waals surface area contributed by atoms with E-state index in [2.05, 4.69) is 50.4 Å². The number of hydrogen-bond donors (Lipinski definition) is 1. The summed E-state index contributed by atoms with van der Waals surface area (Å²) in [6, 6.07) is 35.9. The number of carbonyl (C=O) groups excluding carboxylic acids is 2. The molecule has 334 valence electrons. The van der Waals surface area contributed by atoms with E-state index in [0.29, 0.717) is 0 Å². The molecule has 1 fully saturated rings. The van der Waals surface area contributed by atoms with Gasteiger partial charge in [0.05, 0.1) is 26.4 Å². The largest absolute Gasteiger partial charge is 0.458 e. The predicted octanol–water partition coefficient (Wildman–Crippen LogP) is 7.36. The zero-order valence-electron chi connectivity index (χ0n) is 37.3. The number of nitrogens with one attached hydrogen (secondary N) is 1. The smallest absolute Gasteiger partial charge is 0.408 e. The van der Waals surface area contributed by atoms with Gasteiger partial charge in [-0.1, -0.05) is 142 Å². The number of carbonyl (C=O) groups is 2. The van der Waals surface area contributed by atoms with Crippen molar-refractivity contribution in [3.05, 3.63) is 143 Å². The molecule has 0 unspecified atom stereocenters. The second-order valence-electron chi connectivity index (χ2n) is 18.4. The minimum atomic E-state index is -3.19. The van der Waals surface area contributed by atoms with Gasteiger partial charge < -0.3 is 38.2 Å². The van der Waals surface area contributed by atoms with Gasteiger partial charge in [0, 0.05) is 4.92 Å². The van der Waals surface area contributed by atoms with Gasteiger partial charge in [-0.25, -0.2) is 9.59 Å². The molecule has 4 aromatic rings. The number of nitrogens with zero attached hydrogens (tertiary/aromatic N) is 1. The summed E-state index contributed by atoms with van der Waals surface area (Å²) >= 11 is 0. The average Bonchev–Trinajstić information content (AvgIpc) is 3.20. The van der Waals surface area contributed by atoms with E-state index < -0.39 is 84.8 Å². The number of alkyl carbamates (subject to hydrolysis) is 1. The topological polar surface area (TPSA) is 154 Å². The number of amides is 1. The standard InChI is InChI=1S/C48H62N2O11Si/c1-46(2,3)60-43(51)38(49-45(52)61-47(4,5)6)32-57-44-40(50(53)54)42(56-31-35-24-16-11-17-25-35)41(55-30-34-22-14-10-15-23-34)39(59-44)33-58-62(48(7,8)9,36-26-18-12-19-27-36)37-28-20-13-21-29-37/h10-29,38-42,44H,30-33H2,1-9H3,(H,49,52)/t38-,39+,40+,41-,42+,44-/m0/s1. The molecule has 62 heavy (non-hydrogen) atoms. The van der Waals surface area contributed by atoms with Gasteiger partial charge in [-0.2, -0.15) is 0 Å². The summed E-state index contributed by atoms with van der Waals surface area (Å²) in [6.07, 6.45) is -5.81. The van der Waals surface area contributed by atoms with Crippen LogP contribution in [0.15, 0.2) is 121 Å². The molecule has 1 aliphatic rings. The lowest BCUT2D eigenvalue weighted by Gasteiger charge is -2.46. The third kappa shape index (κ3) is 13.0. The molecule has 0 aliphatic carbocycles. The van der Waals surface area contributed by atoms with Gasteiger partial charge in [0.15, 0.2) is 12.1 Å². The van der Waals surface area contributed by atoms with Gasteiger partial charge >= 0.3 is 12.1 Å². The van der Waals surface area contributed by atoms with Gasteiger partial charge in [0.25, 0.3) is 14.4 Å². The monoisotopic (exact) mass is 870 g/mol. The van der Waals surface area contributed by atoms with Gasteiger partial charge in [0.1, 0.15) is 23.4 Å². The molecular weight excluding hydrogens is 809 g/mol. The Morgan fingerprint density at radius 3 is 1.56 bits per heavy atom. The first-order valence-electron chi connectivity index (χ1n) is 21.0. The number of ether oxygens (including phenoxy) is 6. The van der Waals surface area contributed by atoms with Crippen molar-refractivity contribution in [2.75, 3.05) is 13.2 Å². The van der Waals surface area contributed by atoms with Crippen LogP contribution in [0.1, 0.15) is 73.4 Å². The predicted molar refractivity (Wildman–Crippen MR) is 238 cm³/mol. The Morgan fingerprint density at radius 1 is 0.677 bits per heavy atom. The second kappa shape index (κ2) is 20.9. The van der Waals surface area contributed by atoms with Gasteiger partial charge in [-0.05, 0) is 68.1 Å². The Balaban J connectivity index is 1.59. The molecule has 1 amide bonds. The van der Waals surface area contributed by atoms with Crippen molar-refractivity contribution in [3.8, 4) is 0 Å². The third-order valence-electron chi connectivity index (χ3n) is 10.1. The molecule has 0 radical (unpaired) electrons. The van der Waals surface area contributed by atoms with Crippen LogP contribution < -0.4 is 15.7 Å². The van der Waals surface area contributed by atoms with Gasteiger partial charge in [-0.15, -0.1) is 0 Å². The van der Waals surface area contributed by atoms with Crippen LogP contribution in [0.2, 0.25) is 5.04 Å². The maximum atomic E-state index is 13.6. The first-order valence-corrected chi connectivity index (χ1v) is 22.9. The molecule has 0 aromatic heterocycles. The summed E-state index contributed by atoms with van der Waals surface area (Å²) in [7, 11) is -3.19. The fourth-order valence-corrected chi connectivity index (χ4v) is 12.0. The maximum Gasteiger partial charge on any atom is 0.408 e. The van der Waals surface area contributed by atoms with Gasteiger partial charge in [-0.3, -0.25) is 10.1 Å². The molecule has 5 rings (SSSR count). The molecule has 0 saturated carbocycles. The van der Waals surface area contributed by atoms with Crippen LogP contribution in [0.5, 0.6) is 0 Å². The summed E-state index contributed by atoms with van der Waals surface area (Å²) in [6.45, 7) is 16.0. The third-order valence-corrected chi connectivity index (χ3v) is 15.1. The normalized spacial score (nSPS) is 20.2. The van der Waals surface area contributed by atoms with E-state index in [1.54, 1.807) is 41.5 Å². The first-order chi connectivity index (χ1) is 29.3. The molecule has 6 atom stereocenters. The first kappa shape index (κ1) is 48.1. The van der Waals surface area contributed by atoms with Crippen LogP contribution in [0.3, 0.4) is 0 Å². The van der Waals surface area contributed by atoms with Crippen LogP contribution in [-0.4, -0.2) is 86.4 Å². The molecule has 1 heterocycles. The average molecular weight is 871 g/mol. The minimum absolute atomic E-state index is 0.0107. The summed E-state index contributed by atoms with van der Waals surface area (Å²) in [5, 5.41) is 17.5. The van der Waals surface area contributed by atoms with Crippen LogP contribution in [-0.2, 0) is 50.9 Å². The molecule has 1 aliphatic heterocycles. The van der Waals surface area contributed by atoms with Crippen LogP contribution >= 0.6 is 0 Å². The highest BCUT2D eigenvalue weighted by Gasteiger charge is 2.57. The van der Waals surface area contributed by atoms with E-state index in [1.165, 1.54) is 0 Å². The Morgan fingerprint density at radius 2 is 1.13 bits per heavy atom.